The van der Waals surface area contributed by atoms with Gasteiger partial charge in [-0.2, -0.15) is 0 Å². The van der Waals surface area contributed by atoms with Crippen molar-refractivity contribution in [1.82, 2.24) is 5.32 Å². The number of aliphatic hydroxyl groups excluding tert-OH is 1. The first-order valence-electron chi connectivity index (χ1n) is 8.07. The van der Waals surface area contributed by atoms with E-state index in [-0.39, 0.29) is 6.79 Å². The summed E-state index contributed by atoms with van der Waals surface area (Å²) in [5, 5.41) is 13.8. The maximum atomic E-state index is 10.3. The summed E-state index contributed by atoms with van der Waals surface area (Å²) < 4.78 is 10.6. The van der Waals surface area contributed by atoms with E-state index in [4.69, 9.17) is 9.47 Å². The largest absolute Gasteiger partial charge is 0.454 e. The Morgan fingerprint density at radius 2 is 1.95 bits per heavy atom. The minimum Gasteiger partial charge on any atom is -0.454 e. The molecule has 1 unspecified atom stereocenters. The van der Waals surface area contributed by atoms with E-state index < -0.39 is 6.10 Å². The Morgan fingerprint density at radius 3 is 2.71 bits per heavy atom. The van der Waals surface area contributed by atoms with Crippen LogP contribution in [0.2, 0.25) is 0 Å². The van der Waals surface area contributed by atoms with E-state index >= 15 is 0 Å². The highest BCUT2D eigenvalue weighted by Gasteiger charge is 2.21. The molecule has 1 aliphatic heterocycles. The highest BCUT2D eigenvalue weighted by molar-refractivity contribution is 5.45. The van der Waals surface area contributed by atoms with Gasteiger partial charge >= 0.3 is 0 Å². The fourth-order valence-electron chi connectivity index (χ4n) is 3.29. The van der Waals surface area contributed by atoms with Crippen molar-refractivity contribution in [3.63, 3.8) is 0 Å². The molecule has 0 amide bonds. The predicted octanol–water partition coefficient (Wildman–Crippen LogP) is 3.01. The molecule has 2 aliphatic rings. The van der Waals surface area contributed by atoms with Crippen LogP contribution in [0.15, 0.2) is 18.2 Å². The van der Waals surface area contributed by atoms with Crippen LogP contribution < -0.4 is 14.8 Å². The monoisotopic (exact) mass is 291 g/mol. The van der Waals surface area contributed by atoms with Gasteiger partial charge in [-0.05, 0) is 49.3 Å². The Kier molecular flexibility index (Phi) is 4.66. The quantitative estimate of drug-likeness (QED) is 0.875. The Hall–Kier alpha value is -1.26. The number of rotatable bonds is 5. The number of hydrogen-bond donors (Lipinski definition) is 2. The van der Waals surface area contributed by atoms with Crippen molar-refractivity contribution in [3.8, 4) is 11.5 Å². The zero-order valence-corrected chi connectivity index (χ0v) is 12.7. The number of hydrogen-bond acceptors (Lipinski definition) is 4. The molecule has 0 saturated heterocycles. The Labute approximate surface area is 126 Å². The van der Waals surface area contributed by atoms with Crippen LogP contribution in [0.3, 0.4) is 0 Å². The first-order valence-corrected chi connectivity index (χ1v) is 8.07. The number of benzene rings is 1. The zero-order chi connectivity index (χ0) is 14.7. The standard InChI is InChI=1S/C17H25NO3/c1-2-12-3-6-14(7-4-12)18-10-15(19)13-5-8-16-17(9-13)21-11-20-16/h5,8-9,12,14-15,18-19H,2-4,6-7,10-11H2,1H3. The highest BCUT2D eigenvalue weighted by atomic mass is 16.7. The number of fused-ring (bicyclic) bond motifs is 1. The second kappa shape index (κ2) is 6.67. The smallest absolute Gasteiger partial charge is 0.231 e. The molecule has 1 aromatic rings. The SMILES string of the molecule is CCC1CCC(NCC(O)c2ccc3c(c2)OCO3)CC1. The molecular weight excluding hydrogens is 266 g/mol. The third kappa shape index (κ3) is 3.50. The van der Waals surface area contributed by atoms with Crippen LogP contribution in [0.25, 0.3) is 0 Å². The Balaban J connectivity index is 1.49. The molecule has 3 rings (SSSR count). The summed E-state index contributed by atoms with van der Waals surface area (Å²) in [4.78, 5) is 0. The van der Waals surface area contributed by atoms with Gasteiger partial charge in [0.25, 0.3) is 0 Å². The molecule has 1 fully saturated rings. The van der Waals surface area contributed by atoms with Crippen LogP contribution in [0.5, 0.6) is 11.5 Å². The fourth-order valence-corrected chi connectivity index (χ4v) is 3.29. The van der Waals surface area contributed by atoms with Gasteiger partial charge in [0.1, 0.15) is 0 Å². The maximum absolute atomic E-state index is 10.3. The highest BCUT2D eigenvalue weighted by Crippen LogP contribution is 2.34. The molecule has 1 aromatic carbocycles. The summed E-state index contributed by atoms with van der Waals surface area (Å²) in [6, 6.07) is 6.21. The van der Waals surface area contributed by atoms with Gasteiger partial charge in [-0.25, -0.2) is 0 Å². The van der Waals surface area contributed by atoms with E-state index in [1.807, 2.05) is 18.2 Å². The molecule has 1 heterocycles. The summed E-state index contributed by atoms with van der Waals surface area (Å²) in [7, 11) is 0. The second-order valence-electron chi connectivity index (χ2n) is 6.16. The molecule has 0 spiro atoms. The molecule has 1 atom stereocenters. The lowest BCUT2D eigenvalue weighted by Crippen LogP contribution is -2.35. The summed E-state index contributed by atoms with van der Waals surface area (Å²) in [6.45, 7) is 3.15. The molecule has 4 heteroatoms. The molecule has 0 radical (unpaired) electrons. The van der Waals surface area contributed by atoms with Crippen molar-refractivity contribution in [2.45, 2.75) is 51.2 Å². The number of ether oxygens (including phenoxy) is 2. The van der Waals surface area contributed by atoms with Gasteiger partial charge in [0.2, 0.25) is 6.79 Å². The molecule has 0 bridgehead atoms. The average Bonchev–Trinajstić information content (AvgIpc) is 3.00. The number of aliphatic hydroxyl groups is 1. The van der Waals surface area contributed by atoms with Crippen LogP contribution in [-0.2, 0) is 0 Å². The van der Waals surface area contributed by atoms with Gasteiger partial charge in [0, 0.05) is 12.6 Å². The van der Waals surface area contributed by atoms with E-state index in [0.29, 0.717) is 12.6 Å². The summed E-state index contributed by atoms with van der Waals surface area (Å²) in [5.74, 6) is 2.40. The van der Waals surface area contributed by atoms with E-state index in [9.17, 15) is 5.11 Å². The van der Waals surface area contributed by atoms with Crippen molar-refractivity contribution >= 4 is 0 Å². The van der Waals surface area contributed by atoms with Crippen LogP contribution in [-0.4, -0.2) is 24.5 Å². The molecule has 1 saturated carbocycles. The normalized spacial score (nSPS) is 25.8. The summed E-state index contributed by atoms with van der Waals surface area (Å²) >= 11 is 0. The van der Waals surface area contributed by atoms with Crippen molar-refractivity contribution in [2.75, 3.05) is 13.3 Å². The van der Waals surface area contributed by atoms with E-state index in [2.05, 4.69) is 12.2 Å². The van der Waals surface area contributed by atoms with Crippen LogP contribution in [0.4, 0.5) is 0 Å². The van der Waals surface area contributed by atoms with Gasteiger partial charge in [-0.3, -0.25) is 0 Å². The third-order valence-corrected chi connectivity index (χ3v) is 4.81. The molecule has 116 valence electrons. The molecule has 2 N–H and O–H groups in total. The minimum atomic E-state index is -0.497. The summed E-state index contributed by atoms with van der Waals surface area (Å²) in [5.41, 5.74) is 0.883. The van der Waals surface area contributed by atoms with Gasteiger partial charge < -0.3 is 19.9 Å². The first kappa shape index (κ1) is 14.7. The topological polar surface area (TPSA) is 50.7 Å². The lowest BCUT2D eigenvalue weighted by Gasteiger charge is -2.29. The van der Waals surface area contributed by atoms with Crippen molar-refractivity contribution in [2.24, 2.45) is 5.92 Å². The van der Waals surface area contributed by atoms with Crippen molar-refractivity contribution in [3.05, 3.63) is 23.8 Å². The first-order chi connectivity index (χ1) is 10.3. The number of nitrogens with one attached hydrogen (secondary N) is 1. The summed E-state index contributed by atoms with van der Waals surface area (Å²) in [6.07, 6.45) is 5.89. The van der Waals surface area contributed by atoms with E-state index in [1.165, 1.54) is 32.1 Å². The molecule has 0 aromatic heterocycles. The third-order valence-electron chi connectivity index (χ3n) is 4.81. The van der Waals surface area contributed by atoms with E-state index in [0.717, 1.165) is 23.0 Å². The van der Waals surface area contributed by atoms with Gasteiger partial charge in [-0.15, -0.1) is 0 Å². The molecule has 4 nitrogen and oxygen atoms in total. The zero-order valence-electron chi connectivity index (χ0n) is 12.7. The average molecular weight is 291 g/mol. The molecular formula is C17H25NO3. The van der Waals surface area contributed by atoms with Crippen LogP contribution in [0, 0.1) is 5.92 Å². The fraction of sp³-hybridized carbons (Fsp3) is 0.647. The van der Waals surface area contributed by atoms with Gasteiger partial charge in [-0.1, -0.05) is 19.4 Å². The molecule has 21 heavy (non-hydrogen) atoms. The second-order valence-corrected chi connectivity index (χ2v) is 6.16. The van der Waals surface area contributed by atoms with Crippen LogP contribution >= 0.6 is 0 Å². The van der Waals surface area contributed by atoms with Gasteiger partial charge in [0.15, 0.2) is 11.5 Å². The lowest BCUT2D eigenvalue weighted by molar-refractivity contribution is 0.161. The molecule has 1 aliphatic carbocycles. The Morgan fingerprint density at radius 1 is 1.19 bits per heavy atom. The van der Waals surface area contributed by atoms with Crippen molar-refractivity contribution in [1.29, 1.82) is 0 Å². The Bertz CT molecular complexity index is 469. The lowest BCUT2D eigenvalue weighted by atomic mass is 9.84. The van der Waals surface area contributed by atoms with Crippen molar-refractivity contribution < 1.29 is 14.6 Å². The van der Waals surface area contributed by atoms with E-state index in [1.54, 1.807) is 0 Å². The maximum Gasteiger partial charge on any atom is 0.231 e. The van der Waals surface area contributed by atoms with Gasteiger partial charge in [0.05, 0.1) is 6.10 Å². The minimum absolute atomic E-state index is 0.272. The predicted molar refractivity (Wildman–Crippen MR) is 81.6 cm³/mol. The van der Waals surface area contributed by atoms with Crippen LogP contribution in [0.1, 0.15) is 50.7 Å².